The number of aryl methyl sites for hydroxylation is 1. The number of carbonyl (C=O) groups is 1. The summed E-state index contributed by atoms with van der Waals surface area (Å²) in [6.45, 7) is 3.64. The molecule has 3 aromatic rings. The van der Waals surface area contributed by atoms with E-state index in [1.165, 1.54) is 5.56 Å². The second-order valence-corrected chi connectivity index (χ2v) is 6.92. The first-order valence-electron chi connectivity index (χ1n) is 8.82. The number of aromatic nitrogens is 3. The van der Waals surface area contributed by atoms with Gasteiger partial charge in [0, 0.05) is 37.9 Å². The third kappa shape index (κ3) is 3.40. The van der Waals surface area contributed by atoms with Crippen LogP contribution in [0.3, 0.4) is 0 Å². The summed E-state index contributed by atoms with van der Waals surface area (Å²) >= 11 is 0. The molecule has 0 bridgehead atoms. The zero-order valence-electron chi connectivity index (χ0n) is 14.4. The Morgan fingerprint density at radius 1 is 1.28 bits per heavy atom. The first-order valence-corrected chi connectivity index (χ1v) is 8.82. The second kappa shape index (κ2) is 6.67. The number of piperidine rings is 1. The summed E-state index contributed by atoms with van der Waals surface area (Å²) in [5.41, 5.74) is 3.74. The molecule has 0 saturated carbocycles. The van der Waals surface area contributed by atoms with Crippen molar-refractivity contribution in [1.29, 1.82) is 0 Å². The lowest BCUT2D eigenvalue weighted by atomic mass is 9.92. The van der Waals surface area contributed by atoms with Gasteiger partial charge in [0.25, 0.3) is 5.91 Å². The molecule has 1 fully saturated rings. The zero-order chi connectivity index (χ0) is 17.2. The molecule has 3 aromatic heterocycles. The van der Waals surface area contributed by atoms with Crippen molar-refractivity contribution in [3.63, 3.8) is 0 Å². The van der Waals surface area contributed by atoms with Crippen LogP contribution in [0.4, 0.5) is 0 Å². The summed E-state index contributed by atoms with van der Waals surface area (Å²) in [4.78, 5) is 23.5. The monoisotopic (exact) mass is 334 g/mol. The van der Waals surface area contributed by atoms with Crippen LogP contribution in [0, 0.1) is 12.8 Å². The van der Waals surface area contributed by atoms with Crippen LogP contribution in [0.25, 0.3) is 5.65 Å². The molecule has 1 amide bonds. The maximum atomic E-state index is 12.9. The number of pyridine rings is 2. The quantitative estimate of drug-likeness (QED) is 0.739. The molecule has 128 valence electrons. The molecule has 4 heterocycles. The normalized spacial score (nSPS) is 17.8. The Hall–Kier alpha value is -2.69. The molecule has 0 aromatic carbocycles. The van der Waals surface area contributed by atoms with Gasteiger partial charge in [0.1, 0.15) is 11.3 Å². The number of hydrogen-bond donors (Lipinski definition) is 0. The molecule has 0 N–H and O–H groups in total. The predicted molar refractivity (Wildman–Crippen MR) is 96.5 cm³/mol. The number of carbonyl (C=O) groups excluding carboxylic acids is 1. The molecule has 5 nitrogen and oxygen atoms in total. The highest BCUT2D eigenvalue weighted by molar-refractivity contribution is 5.93. The van der Waals surface area contributed by atoms with Gasteiger partial charge in [-0.15, -0.1) is 0 Å². The van der Waals surface area contributed by atoms with Crippen molar-refractivity contribution < 1.29 is 4.79 Å². The number of fused-ring (bicyclic) bond motifs is 1. The summed E-state index contributed by atoms with van der Waals surface area (Å²) in [5, 5.41) is 0. The Balaban J connectivity index is 1.49. The number of amides is 1. The van der Waals surface area contributed by atoms with E-state index in [9.17, 15) is 4.79 Å². The van der Waals surface area contributed by atoms with Crippen LogP contribution in [-0.2, 0) is 6.42 Å². The molecule has 5 heteroatoms. The minimum absolute atomic E-state index is 0.0391. The Bertz CT molecular complexity index is 887. The van der Waals surface area contributed by atoms with E-state index in [-0.39, 0.29) is 5.91 Å². The Morgan fingerprint density at radius 2 is 2.20 bits per heavy atom. The molecule has 0 spiro atoms. The van der Waals surface area contributed by atoms with Gasteiger partial charge in [0.2, 0.25) is 0 Å². The summed E-state index contributed by atoms with van der Waals surface area (Å²) in [6.07, 6.45) is 10.7. The molecular formula is C20H22N4O. The largest absolute Gasteiger partial charge is 0.337 e. The minimum atomic E-state index is 0.0391. The van der Waals surface area contributed by atoms with Crippen molar-refractivity contribution in [2.45, 2.75) is 26.2 Å². The molecule has 0 radical (unpaired) electrons. The van der Waals surface area contributed by atoms with Crippen LogP contribution in [0.1, 0.15) is 34.5 Å². The fraction of sp³-hybridized carbons (Fsp3) is 0.350. The summed E-state index contributed by atoms with van der Waals surface area (Å²) in [7, 11) is 0. The van der Waals surface area contributed by atoms with Crippen LogP contribution in [0.15, 0.2) is 49.1 Å². The van der Waals surface area contributed by atoms with Gasteiger partial charge < -0.3 is 9.30 Å². The van der Waals surface area contributed by atoms with Gasteiger partial charge in [-0.2, -0.15) is 0 Å². The van der Waals surface area contributed by atoms with Crippen molar-refractivity contribution >= 4 is 11.6 Å². The smallest absolute Gasteiger partial charge is 0.274 e. The number of rotatable bonds is 3. The topological polar surface area (TPSA) is 50.5 Å². The molecule has 1 aliphatic rings. The van der Waals surface area contributed by atoms with Crippen molar-refractivity contribution in [3.05, 3.63) is 65.9 Å². The highest BCUT2D eigenvalue weighted by Gasteiger charge is 2.26. The van der Waals surface area contributed by atoms with Gasteiger partial charge in [0.15, 0.2) is 0 Å². The molecule has 1 unspecified atom stereocenters. The molecular weight excluding hydrogens is 312 g/mol. The van der Waals surface area contributed by atoms with Crippen molar-refractivity contribution in [3.8, 4) is 0 Å². The number of likely N-dealkylation sites (tertiary alicyclic amines) is 1. The second-order valence-electron chi connectivity index (χ2n) is 6.92. The SMILES string of the molecule is Cc1ccc2nc(C(=O)N3CCCC(Cc4cccnc4)C3)cn2c1. The van der Waals surface area contributed by atoms with Crippen molar-refractivity contribution in [1.82, 2.24) is 19.3 Å². The Kier molecular flexibility index (Phi) is 4.22. The van der Waals surface area contributed by atoms with E-state index in [1.54, 1.807) is 6.20 Å². The van der Waals surface area contributed by atoms with Gasteiger partial charge in [-0.1, -0.05) is 12.1 Å². The number of imidazole rings is 1. The van der Waals surface area contributed by atoms with E-state index in [0.29, 0.717) is 11.6 Å². The van der Waals surface area contributed by atoms with E-state index in [4.69, 9.17) is 0 Å². The first-order chi connectivity index (χ1) is 12.2. The van der Waals surface area contributed by atoms with E-state index in [2.05, 4.69) is 16.0 Å². The van der Waals surface area contributed by atoms with Gasteiger partial charge >= 0.3 is 0 Å². The van der Waals surface area contributed by atoms with Crippen LogP contribution >= 0.6 is 0 Å². The Morgan fingerprint density at radius 3 is 3.04 bits per heavy atom. The molecule has 4 rings (SSSR count). The summed E-state index contributed by atoms with van der Waals surface area (Å²) in [5.74, 6) is 0.526. The fourth-order valence-corrected chi connectivity index (χ4v) is 3.64. The molecule has 1 atom stereocenters. The number of hydrogen-bond acceptors (Lipinski definition) is 3. The predicted octanol–water partition coefficient (Wildman–Crippen LogP) is 3.13. The zero-order valence-corrected chi connectivity index (χ0v) is 14.4. The third-order valence-corrected chi connectivity index (χ3v) is 4.87. The van der Waals surface area contributed by atoms with Gasteiger partial charge in [-0.3, -0.25) is 9.78 Å². The standard InChI is InChI=1S/C20H22N4O/c1-15-6-7-19-22-18(14-24(19)12-15)20(25)23-9-3-5-17(13-23)10-16-4-2-8-21-11-16/h2,4,6-8,11-12,14,17H,3,5,9-10,13H2,1H3. The summed E-state index contributed by atoms with van der Waals surface area (Å²) in [6, 6.07) is 8.05. The highest BCUT2D eigenvalue weighted by Crippen LogP contribution is 2.22. The highest BCUT2D eigenvalue weighted by atomic mass is 16.2. The molecule has 25 heavy (non-hydrogen) atoms. The maximum absolute atomic E-state index is 12.9. The lowest BCUT2D eigenvalue weighted by Gasteiger charge is -2.32. The fourth-order valence-electron chi connectivity index (χ4n) is 3.64. The first kappa shape index (κ1) is 15.8. The third-order valence-electron chi connectivity index (χ3n) is 4.87. The van der Waals surface area contributed by atoms with Crippen molar-refractivity contribution in [2.75, 3.05) is 13.1 Å². The van der Waals surface area contributed by atoms with Crippen LogP contribution in [-0.4, -0.2) is 38.3 Å². The van der Waals surface area contributed by atoms with E-state index in [0.717, 1.165) is 43.6 Å². The Labute approximate surface area is 147 Å². The minimum Gasteiger partial charge on any atom is -0.337 e. The average molecular weight is 334 g/mol. The van der Waals surface area contributed by atoms with Gasteiger partial charge in [0.05, 0.1) is 0 Å². The van der Waals surface area contributed by atoms with Crippen LogP contribution in [0.2, 0.25) is 0 Å². The van der Waals surface area contributed by atoms with E-state index < -0.39 is 0 Å². The van der Waals surface area contributed by atoms with E-state index >= 15 is 0 Å². The van der Waals surface area contributed by atoms with E-state index in [1.807, 2.05) is 53.0 Å². The van der Waals surface area contributed by atoms with Crippen LogP contribution < -0.4 is 0 Å². The molecule has 1 saturated heterocycles. The lowest BCUT2D eigenvalue weighted by molar-refractivity contribution is 0.0668. The maximum Gasteiger partial charge on any atom is 0.274 e. The van der Waals surface area contributed by atoms with Gasteiger partial charge in [-0.25, -0.2) is 4.98 Å². The number of nitrogens with zero attached hydrogens (tertiary/aromatic N) is 4. The van der Waals surface area contributed by atoms with Crippen molar-refractivity contribution in [2.24, 2.45) is 5.92 Å². The summed E-state index contributed by atoms with van der Waals surface area (Å²) < 4.78 is 1.93. The molecule has 0 aliphatic carbocycles. The lowest BCUT2D eigenvalue weighted by Crippen LogP contribution is -2.40. The van der Waals surface area contributed by atoms with Crippen LogP contribution in [0.5, 0.6) is 0 Å². The van der Waals surface area contributed by atoms with Gasteiger partial charge in [-0.05, 0) is 55.4 Å². The average Bonchev–Trinajstić information content (AvgIpc) is 3.05. The molecule has 1 aliphatic heterocycles.